The van der Waals surface area contributed by atoms with Crippen molar-refractivity contribution in [2.24, 2.45) is 0 Å². The third-order valence-electron chi connectivity index (χ3n) is 7.01. The maximum atomic E-state index is 13.0. The largest absolute Gasteiger partial charge is 0.352 e. The molecule has 5 aromatic rings. The summed E-state index contributed by atoms with van der Waals surface area (Å²) in [7, 11) is 0. The number of pyridine rings is 1. The molecule has 0 bridgehead atoms. The second-order valence-electron chi connectivity index (χ2n) is 10.1. The lowest BCUT2D eigenvalue weighted by atomic mass is 9.99. The van der Waals surface area contributed by atoms with Gasteiger partial charge in [-0.05, 0) is 66.8 Å². The molecule has 10 heteroatoms. The van der Waals surface area contributed by atoms with E-state index in [-0.39, 0.29) is 16.6 Å². The number of carbonyl (C=O) groups excluding carboxylic acids is 2. The number of amides is 3. The molecule has 5 rings (SSSR count). The normalized spacial score (nSPS) is 10.7. The molecule has 3 aromatic carbocycles. The number of rotatable bonds is 9. The quantitative estimate of drug-likeness (QED) is 0.175. The van der Waals surface area contributed by atoms with Crippen LogP contribution in [0, 0.1) is 6.92 Å². The van der Waals surface area contributed by atoms with Gasteiger partial charge in [0.25, 0.3) is 11.5 Å². The molecule has 0 saturated carbocycles. The molecular weight excluding hydrogens is 576 g/mol. The smallest absolute Gasteiger partial charge is 0.323 e. The first-order valence-electron chi connectivity index (χ1n) is 14.2. The summed E-state index contributed by atoms with van der Waals surface area (Å²) in [5.41, 5.74) is 5.39. The van der Waals surface area contributed by atoms with Gasteiger partial charge in [0.15, 0.2) is 0 Å². The van der Waals surface area contributed by atoms with Gasteiger partial charge in [0, 0.05) is 36.6 Å². The molecule has 3 amide bonds. The topological polar surface area (TPSA) is 118 Å². The Hall–Kier alpha value is -5.28. The fourth-order valence-electron chi connectivity index (χ4n) is 4.71. The first-order chi connectivity index (χ1) is 21.3. The summed E-state index contributed by atoms with van der Waals surface area (Å²) >= 11 is 6.20. The van der Waals surface area contributed by atoms with Crippen LogP contribution >= 0.6 is 11.6 Å². The van der Waals surface area contributed by atoms with E-state index in [0.717, 1.165) is 28.7 Å². The van der Waals surface area contributed by atoms with Crippen LogP contribution in [0.1, 0.15) is 28.4 Å². The second-order valence-corrected chi connectivity index (χ2v) is 10.5. The zero-order valence-electron chi connectivity index (χ0n) is 24.3. The van der Waals surface area contributed by atoms with Crippen LogP contribution in [0.5, 0.6) is 0 Å². The summed E-state index contributed by atoms with van der Waals surface area (Å²) in [5, 5.41) is 13.1. The van der Waals surface area contributed by atoms with Gasteiger partial charge in [0.2, 0.25) is 0 Å². The maximum Gasteiger partial charge on any atom is 0.323 e. The number of carbonyl (C=O) groups is 2. The van der Waals surface area contributed by atoms with Gasteiger partial charge in [-0.3, -0.25) is 14.6 Å². The van der Waals surface area contributed by atoms with E-state index in [0.29, 0.717) is 35.6 Å². The number of halogens is 1. The molecule has 0 fully saturated rings. The van der Waals surface area contributed by atoms with Crippen molar-refractivity contribution in [1.29, 1.82) is 0 Å². The number of aromatic nitrogens is 3. The maximum absolute atomic E-state index is 13.0. The van der Waals surface area contributed by atoms with E-state index < -0.39 is 11.6 Å². The second kappa shape index (κ2) is 13.8. The van der Waals surface area contributed by atoms with Crippen molar-refractivity contribution in [3.05, 3.63) is 129 Å². The summed E-state index contributed by atoms with van der Waals surface area (Å²) in [4.78, 5) is 42.8. The summed E-state index contributed by atoms with van der Waals surface area (Å²) in [6, 6.07) is 26.0. The molecule has 44 heavy (non-hydrogen) atoms. The number of anilines is 2. The zero-order chi connectivity index (χ0) is 31.1. The standard InChI is InChI=1S/C34H31ClN6O3/c1-3-41-33(43)30(38-34(44)39-31-22(2)20-36-21-28(31)35)19-29(40-41)26-13-7-11-24(17-26)25-12-8-14-27(18-25)32(42)37-16-15-23-9-5-4-6-10-23/h4-14,17-21H,3,15-16H2,1-2H3,(H,37,42)(H2,36,38,39,44). The molecule has 0 unspecified atom stereocenters. The number of nitrogens with zero attached hydrogens (tertiary/aromatic N) is 3. The highest BCUT2D eigenvalue weighted by Crippen LogP contribution is 2.27. The van der Waals surface area contributed by atoms with Crippen molar-refractivity contribution < 1.29 is 9.59 Å². The Morgan fingerprint density at radius 1 is 0.864 bits per heavy atom. The predicted octanol–water partition coefficient (Wildman–Crippen LogP) is 6.57. The van der Waals surface area contributed by atoms with Crippen LogP contribution < -0.4 is 21.5 Å². The fourth-order valence-corrected chi connectivity index (χ4v) is 4.96. The van der Waals surface area contributed by atoms with E-state index in [4.69, 9.17) is 11.6 Å². The Labute approximate surface area is 259 Å². The van der Waals surface area contributed by atoms with Gasteiger partial charge in [0.1, 0.15) is 5.69 Å². The monoisotopic (exact) mass is 606 g/mol. The minimum atomic E-state index is -0.620. The van der Waals surface area contributed by atoms with Crippen LogP contribution in [0.25, 0.3) is 22.4 Å². The van der Waals surface area contributed by atoms with Crippen molar-refractivity contribution in [3.63, 3.8) is 0 Å². The Balaban J connectivity index is 1.36. The molecule has 2 heterocycles. The van der Waals surface area contributed by atoms with Crippen LogP contribution in [-0.4, -0.2) is 33.2 Å². The third-order valence-corrected chi connectivity index (χ3v) is 7.29. The number of urea groups is 1. The molecule has 0 aliphatic rings. The van der Waals surface area contributed by atoms with Crippen molar-refractivity contribution in [2.75, 3.05) is 17.2 Å². The number of benzene rings is 3. The van der Waals surface area contributed by atoms with E-state index in [9.17, 15) is 14.4 Å². The molecule has 222 valence electrons. The van der Waals surface area contributed by atoms with Gasteiger partial charge in [-0.25, -0.2) is 9.48 Å². The molecule has 3 N–H and O–H groups in total. The molecule has 0 aliphatic heterocycles. The van der Waals surface area contributed by atoms with Crippen molar-refractivity contribution in [2.45, 2.75) is 26.8 Å². The lowest BCUT2D eigenvalue weighted by Crippen LogP contribution is -2.30. The van der Waals surface area contributed by atoms with Gasteiger partial charge < -0.3 is 16.0 Å². The van der Waals surface area contributed by atoms with Crippen LogP contribution in [0.4, 0.5) is 16.2 Å². The molecule has 0 atom stereocenters. The van der Waals surface area contributed by atoms with Gasteiger partial charge >= 0.3 is 6.03 Å². The Morgan fingerprint density at radius 3 is 2.34 bits per heavy atom. The van der Waals surface area contributed by atoms with Gasteiger partial charge in [-0.2, -0.15) is 5.10 Å². The molecular formula is C34H31ClN6O3. The van der Waals surface area contributed by atoms with Gasteiger partial charge in [0.05, 0.1) is 16.4 Å². The highest BCUT2D eigenvalue weighted by atomic mass is 35.5. The molecule has 2 aromatic heterocycles. The Bertz CT molecular complexity index is 1850. The molecule has 0 radical (unpaired) electrons. The number of aryl methyl sites for hydroxylation is 2. The van der Waals surface area contributed by atoms with Gasteiger partial charge in [-0.15, -0.1) is 0 Å². The van der Waals surface area contributed by atoms with Crippen LogP contribution in [-0.2, 0) is 13.0 Å². The lowest BCUT2D eigenvalue weighted by Gasteiger charge is -2.13. The van der Waals surface area contributed by atoms with Crippen LogP contribution in [0.3, 0.4) is 0 Å². The fraction of sp³-hybridized carbons (Fsp3) is 0.147. The van der Waals surface area contributed by atoms with E-state index in [1.165, 1.54) is 10.9 Å². The van der Waals surface area contributed by atoms with E-state index in [2.05, 4.69) is 26.0 Å². The van der Waals surface area contributed by atoms with Crippen LogP contribution in [0.2, 0.25) is 5.02 Å². The van der Waals surface area contributed by atoms with Crippen molar-refractivity contribution in [1.82, 2.24) is 20.1 Å². The van der Waals surface area contributed by atoms with Gasteiger partial charge in [-0.1, -0.05) is 72.3 Å². The molecule has 0 aliphatic carbocycles. The summed E-state index contributed by atoms with van der Waals surface area (Å²) in [6.07, 6.45) is 3.76. The Morgan fingerprint density at radius 2 is 1.59 bits per heavy atom. The predicted molar refractivity (Wildman–Crippen MR) is 174 cm³/mol. The zero-order valence-corrected chi connectivity index (χ0v) is 25.1. The Kier molecular flexibility index (Phi) is 9.46. The SMILES string of the molecule is CCn1nc(-c2cccc(-c3cccc(C(=O)NCCc4ccccc4)c3)c2)cc(NC(=O)Nc2c(C)cncc2Cl)c1=O. The third kappa shape index (κ3) is 7.19. The van der Waals surface area contributed by atoms with Crippen molar-refractivity contribution >= 4 is 34.9 Å². The number of nitrogens with one attached hydrogen (secondary N) is 3. The highest BCUT2D eigenvalue weighted by Gasteiger charge is 2.15. The number of hydrogen-bond donors (Lipinski definition) is 3. The number of hydrogen-bond acceptors (Lipinski definition) is 5. The van der Waals surface area contributed by atoms with Crippen LogP contribution in [0.15, 0.2) is 102 Å². The lowest BCUT2D eigenvalue weighted by molar-refractivity contribution is 0.0954. The summed E-state index contributed by atoms with van der Waals surface area (Å²) < 4.78 is 1.29. The molecule has 9 nitrogen and oxygen atoms in total. The minimum absolute atomic E-state index is 0.0664. The summed E-state index contributed by atoms with van der Waals surface area (Å²) in [6.45, 7) is 4.41. The first-order valence-corrected chi connectivity index (χ1v) is 14.5. The average molecular weight is 607 g/mol. The molecule has 0 spiro atoms. The average Bonchev–Trinajstić information content (AvgIpc) is 3.04. The van der Waals surface area contributed by atoms with E-state index >= 15 is 0 Å². The van der Waals surface area contributed by atoms with Crippen molar-refractivity contribution in [3.8, 4) is 22.4 Å². The first kappa shape index (κ1) is 30.2. The minimum Gasteiger partial charge on any atom is -0.352 e. The highest BCUT2D eigenvalue weighted by molar-refractivity contribution is 6.33. The van der Waals surface area contributed by atoms with E-state index in [1.54, 1.807) is 32.2 Å². The summed E-state index contributed by atoms with van der Waals surface area (Å²) in [5.74, 6) is -0.145. The van der Waals surface area contributed by atoms with E-state index in [1.807, 2.05) is 72.8 Å². The molecule has 0 saturated heterocycles.